The molecule has 0 aromatic heterocycles. The smallest absolute Gasteiger partial charge is 0.118 e. The summed E-state index contributed by atoms with van der Waals surface area (Å²) in [5.41, 5.74) is 3.21. The molecular weight excluding hydrogens is 270 g/mol. The van der Waals surface area contributed by atoms with Gasteiger partial charge in [0.1, 0.15) is 6.23 Å². The molecule has 4 rings (SSSR count). The summed E-state index contributed by atoms with van der Waals surface area (Å²) in [6.45, 7) is 10.7. The minimum atomic E-state index is 0.232. The van der Waals surface area contributed by atoms with Crippen molar-refractivity contribution in [3.63, 3.8) is 0 Å². The van der Waals surface area contributed by atoms with Crippen LogP contribution in [0.25, 0.3) is 0 Å². The molecule has 3 aliphatic rings. The number of fused-ring (bicyclic) bond motifs is 3. The average molecular weight is 299 g/mol. The highest BCUT2D eigenvalue weighted by Gasteiger charge is 2.53. The maximum absolute atomic E-state index is 6.70. The van der Waals surface area contributed by atoms with E-state index in [4.69, 9.17) is 4.74 Å². The Morgan fingerprint density at radius 3 is 2.73 bits per heavy atom. The summed E-state index contributed by atoms with van der Waals surface area (Å²) < 4.78 is 6.70. The van der Waals surface area contributed by atoms with Crippen LogP contribution in [0.1, 0.15) is 64.0 Å². The van der Waals surface area contributed by atoms with Crippen molar-refractivity contribution in [3.05, 3.63) is 35.4 Å². The van der Waals surface area contributed by atoms with Crippen molar-refractivity contribution in [3.8, 4) is 0 Å². The van der Waals surface area contributed by atoms with Gasteiger partial charge >= 0.3 is 0 Å². The molecule has 5 atom stereocenters. The molecule has 1 aliphatic carbocycles. The minimum absolute atomic E-state index is 0.232. The number of ether oxygens (including phenoxy) is 1. The summed E-state index contributed by atoms with van der Waals surface area (Å²) in [6, 6.07) is 8.94. The van der Waals surface area contributed by atoms with E-state index in [-0.39, 0.29) is 11.8 Å². The van der Waals surface area contributed by atoms with Gasteiger partial charge in [-0.15, -0.1) is 0 Å². The van der Waals surface area contributed by atoms with E-state index in [1.807, 2.05) is 0 Å². The zero-order valence-corrected chi connectivity index (χ0v) is 14.4. The Morgan fingerprint density at radius 1 is 1.14 bits per heavy atom. The molecule has 1 saturated heterocycles. The second-order valence-corrected chi connectivity index (χ2v) is 8.36. The topological polar surface area (TPSA) is 12.5 Å². The Morgan fingerprint density at radius 2 is 1.91 bits per heavy atom. The third kappa shape index (κ3) is 2.07. The van der Waals surface area contributed by atoms with Gasteiger partial charge in [0, 0.05) is 23.9 Å². The average Bonchev–Trinajstić information content (AvgIpc) is 2.49. The molecule has 1 saturated carbocycles. The predicted octanol–water partition coefficient (Wildman–Crippen LogP) is 4.55. The zero-order valence-electron chi connectivity index (χ0n) is 14.4. The Bertz CT molecular complexity index is 567. The van der Waals surface area contributed by atoms with E-state index in [1.165, 1.54) is 30.4 Å². The molecule has 0 bridgehead atoms. The van der Waals surface area contributed by atoms with Crippen molar-refractivity contribution >= 4 is 0 Å². The van der Waals surface area contributed by atoms with Gasteiger partial charge in [-0.3, -0.25) is 4.90 Å². The fourth-order valence-corrected chi connectivity index (χ4v) is 5.22. The van der Waals surface area contributed by atoms with E-state index in [2.05, 4.69) is 56.9 Å². The molecule has 2 unspecified atom stereocenters. The highest BCUT2D eigenvalue weighted by Crippen LogP contribution is 2.49. The standard InChI is InChI=1S/C20H29NO/c1-13-9-10-17-18(11-13)22-19-14(2)16-8-6-5-7-15(16)12-21(19)20(17,3)4/h5-8,13-14,17-19H,9-12H2,1-4H3/t13-,14+,17-,18?,19?/m1/s1. The van der Waals surface area contributed by atoms with Gasteiger partial charge in [0.25, 0.3) is 0 Å². The summed E-state index contributed by atoms with van der Waals surface area (Å²) in [7, 11) is 0. The lowest BCUT2D eigenvalue weighted by Gasteiger charge is -2.60. The molecule has 0 amide bonds. The second-order valence-electron chi connectivity index (χ2n) is 8.36. The van der Waals surface area contributed by atoms with Gasteiger partial charge in [-0.25, -0.2) is 0 Å². The fourth-order valence-electron chi connectivity index (χ4n) is 5.22. The van der Waals surface area contributed by atoms with Crippen LogP contribution in [0.3, 0.4) is 0 Å². The van der Waals surface area contributed by atoms with Gasteiger partial charge in [-0.1, -0.05) is 44.5 Å². The van der Waals surface area contributed by atoms with Gasteiger partial charge in [0.2, 0.25) is 0 Å². The number of nitrogens with zero attached hydrogens (tertiary/aromatic N) is 1. The van der Waals surface area contributed by atoms with Crippen molar-refractivity contribution in [2.75, 3.05) is 0 Å². The quantitative estimate of drug-likeness (QED) is 0.697. The number of rotatable bonds is 0. The van der Waals surface area contributed by atoms with Crippen molar-refractivity contribution < 1.29 is 4.74 Å². The normalized spacial score (nSPS) is 40.5. The molecule has 1 aromatic carbocycles. The molecule has 0 radical (unpaired) electrons. The van der Waals surface area contributed by atoms with Crippen LogP contribution in [-0.2, 0) is 11.3 Å². The molecule has 2 aliphatic heterocycles. The molecule has 0 N–H and O–H groups in total. The van der Waals surface area contributed by atoms with Crippen LogP contribution in [-0.4, -0.2) is 22.8 Å². The van der Waals surface area contributed by atoms with E-state index in [1.54, 1.807) is 0 Å². The lowest BCUT2D eigenvalue weighted by Crippen LogP contribution is -2.66. The first-order valence-electron chi connectivity index (χ1n) is 8.98. The zero-order chi connectivity index (χ0) is 15.5. The summed E-state index contributed by atoms with van der Waals surface area (Å²) in [4.78, 5) is 2.65. The van der Waals surface area contributed by atoms with E-state index in [0.717, 1.165) is 12.5 Å². The molecular formula is C20H29NO. The van der Waals surface area contributed by atoms with Crippen molar-refractivity contribution in [2.45, 2.75) is 77.3 Å². The molecule has 2 nitrogen and oxygen atoms in total. The van der Waals surface area contributed by atoms with Crippen LogP contribution in [0.4, 0.5) is 0 Å². The molecule has 22 heavy (non-hydrogen) atoms. The Balaban J connectivity index is 1.72. The number of benzene rings is 1. The van der Waals surface area contributed by atoms with Crippen LogP contribution in [0.2, 0.25) is 0 Å². The Labute approximate surface area is 134 Å². The third-order valence-electron chi connectivity index (χ3n) is 6.64. The van der Waals surface area contributed by atoms with Crippen molar-refractivity contribution in [1.82, 2.24) is 4.90 Å². The molecule has 0 spiro atoms. The molecule has 2 heterocycles. The maximum atomic E-state index is 6.70. The van der Waals surface area contributed by atoms with Crippen LogP contribution < -0.4 is 0 Å². The predicted molar refractivity (Wildman–Crippen MR) is 89.6 cm³/mol. The number of hydrogen-bond acceptors (Lipinski definition) is 2. The third-order valence-corrected chi connectivity index (χ3v) is 6.64. The fraction of sp³-hybridized carbons (Fsp3) is 0.700. The van der Waals surface area contributed by atoms with E-state index in [9.17, 15) is 0 Å². The van der Waals surface area contributed by atoms with Gasteiger partial charge in [-0.2, -0.15) is 0 Å². The SMILES string of the molecule is C[C@@H]1CC[C@@H]2C(C1)OC1[C@@H](C)c3ccccc3CN1C2(C)C. The van der Waals surface area contributed by atoms with Crippen molar-refractivity contribution in [2.24, 2.45) is 11.8 Å². The summed E-state index contributed by atoms with van der Waals surface area (Å²) in [5.74, 6) is 1.95. The molecule has 2 fully saturated rings. The highest BCUT2D eigenvalue weighted by atomic mass is 16.5. The molecule has 1 aromatic rings. The van der Waals surface area contributed by atoms with E-state index >= 15 is 0 Å². The minimum Gasteiger partial charge on any atom is -0.359 e. The largest absolute Gasteiger partial charge is 0.359 e. The first kappa shape index (κ1) is 14.7. The van der Waals surface area contributed by atoms with Gasteiger partial charge < -0.3 is 4.74 Å². The first-order valence-corrected chi connectivity index (χ1v) is 8.98. The number of hydrogen-bond donors (Lipinski definition) is 0. The van der Waals surface area contributed by atoms with Gasteiger partial charge in [0.05, 0.1) is 6.10 Å². The Hall–Kier alpha value is -0.860. The monoisotopic (exact) mass is 299 g/mol. The van der Waals surface area contributed by atoms with Crippen LogP contribution in [0.5, 0.6) is 0 Å². The lowest BCUT2D eigenvalue weighted by atomic mass is 9.68. The van der Waals surface area contributed by atoms with Crippen LogP contribution >= 0.6 is 0 Å². The van der Waals surface area contributed by atoms with Crippen LogP contribution in [0.15, 0.2) is 24.3 Å². The first-order chi connectivity index (χ1) is 10.5. The summed E-state index contributed by atoms with van der Waals surface area (Å²) in [6.07, 6.45) is 4.62. The van der Waals surface area contributed by atoms with Gasteiger partial charge in [0.15, 0.2) is 0 Å². The lowest BCUT2D eigenvalue weighted by molar-refractivity contribution is -0.246. The summed E-state index contributed by atoms with van der Waals surface area (Å²) in [5, 5.41) is 0. The second kappa shape index (κ2) is 5.07. The van der Waals surface area contributed by atoms with Gasteiger partial charge in [-0.05, 0) is 43.7 Å². The van der Waals surface area contributed by atoms with E-state index < -0.39 is 0 Å². The Kier molecular flexibility index (Phi) is 3.39. The highest BCUT2D eigenvalue weighted by molar-refractivity contribution is 5.34. The van der Waals surface area contributed by atoms with Crippen LogP contribution in [0, 0.1) is 11.8 Å². The van der Waals surface area contributed by atoms with Crippen molar-refractivity contribution in [1.29, 1.82) is 0 Å². The molecule has 2 heteroatoms. The van der Waals surface area contributed by atoms with E-state index in [0.29, 0.717) is 17.9 Å². The maximum Gasteiger partial charge on any atom is 0.118 e. The summed E-state index contributed by atoms with van der Waals surface area (Å²) >= 11 is 0. The molecule has 120 valence electrons.